The Hall–Kier alpha value is -3.40. The number of nitrogens with zero attached hydrogens (tertiary/aromatic N) is 4. The van der Waals surface area contributed by atoms with E-state index in [1.807, 2.05) is 11.5 Å². The third-order valence-electron chi connectivity index (χ3n) is 5.00. The third kappa shape index (κ3) is 3.86. The Kier molecular flexibility index (Phi) is 5.66. The summed E-state index contributed by atoms with van der Waals surface area (Å²) < 4.78 is 18.2. The normalized spacial score (nSPS) is 17.8. The molecule has 10 heteroatoms. The molecule has 0 unspecified atom stereocenters. The van der Waals surface area contributed by atoms with Crippen LogP contribution >= 0.6 is 0 Å². The van der Waals surface area contributed by atoms with Gasteiger partial charge in [-0.25, -0.2) is 14.6 Å². The van der Waals surface area contributed by atoms with Gasteiger partial charge in [0, 0.05) is 51.5 Å². The van der Waals surface area contributed by atoms with E-state index in [2.05, 4.69) is 4.90 Å². The number of aromatic nitrogens is 2. The molecule has 0 atom stereocenters. The molecule has 0 radical (unpaired) electrons. The van der Waals surface area contributed by atoms with Gasteiger partial charge >= 0.3 is 11.9 Å². The minimum absolute atomic E-state index is 0.109. The summed E-state index contributed by atoms with van der Waals surface area (Å²) in [6.07, 6.45) is 2.89. The van der Waals surface area contributed by atoms with E-state index in [-0.39, 0.29) is 11.5 Å². The fraction of sp³-hybridized carbons (Fsp3) is 0.400. The second-order valence-corrected chi connectivity index (χ2v) is 6.82. The fourth-order valence-electron chi connectivity index (χ4n) is 3.52. The van der Waals surface area contributed by atoms with E-state index in [1.165, 1.54) is 0 Å². The van der Waals surface area contributed by atoms with Crippen molar-refractivity contribution in [3.8, 4) is 11.5 Å². The first-order valence-corrected chi connectivity index (χ1v) is 9.77. The van der Waals surface area contributed by atoms with Crippen LogP contribution in [-0.4, -0.2) is 72.2 Å². The standard InChI is InChI=1S/C20H22N4O6/c1-2-28-12-11-24-14-3-4-15-19(30-17(27)6-5-16(26)29-15)18(14)21-20(24)23-9-7-22(13-25)8-10-23/h3-6,13H,2,7-12H2,1H3/b6-5-. The summed E-state index contributed by atoms with van der Waals surface area (Å²) in [5.41, 5.74) is 1.16. The summed E-state index contributed by atoms with van der Waals surface area (Å²) >= 11 is 0. The van der Waals surface area contributed by atoms with Gasteiger partial charge in [0.25, 0.3) is 0 Å². The van der Waals surface area contributed by atoms with Crippen molar-refractivity contribution in [1.82, 2.24) is 14.5 Å². The minimum Gasteiger partial charge on any atom is -0.419 e. The number of rotatable bonds is 6. The lowest BCUT2D eigenvalue weighted by Crippen LogP contribution is -2.46. The zero-order valence-electron chi connectivity index (χ0n) is 16.6. The molecule has 2 aliphatic heterocycles. The quantitative estimate of drug-likeness (QED) is 0.295. The van der Waals surface area contributed by atoms with Crippen molar-refractivity contribution in [2.75, 3.05) is 44.3 Å². The molecule has 3 heterocycles. The van der Waals surface area contributed by atoms with Gasteiger partial charge in [0.2, 0.25) is 18.1 Å². The lowest BCUT2D eigenvalue weighted by Gasteiger charge is -2.33. The van der Waals surface area contributed by atoms with Crippen LogP contribution < -0.4 is 14.4 Å². The molecule has 0 aliphatic carbocycles. The number of hydrogen-bond donors (Lipinski definition) is 0. The van der Waals surface area contributed by atoms with E-state index >= 15 is 0 Å². The average Bonchev–Trinajstić information content (AvgIpc) is 3.12. The summed E-state index contributed by atoms with van der Waals surface area (Å²) in [4.78, 5) is 43.5. The predicted octanol–water partition coefficient (Wildman–Crippen LogP) is 0.732. The highest BCUT2D eigenvalue weighted by Crippen LogP contribution is 2.38. The molecule has 0 saturated carbocycles. The van der Waals surface area contributed by atoms with E-state index < -0.39 is 11.9 Å². The van der Waals surface area contributed by atoms with Gasteiger partial charge in [0.15, 0.2) is 5.75 Å². The number of piperazine rings is 1. The molecule has 1 aromatic heterocycles. The Labute approximate surface area is 172 Å². The molecular weight excluding hydrogens is 392 g/mol. The lowest BCUT2D eigenvalue weighted by molar-refractivity contribution is -0.133. The Bertz CT molecular complexity index is 1010. The first-order valence-electron chi connectivity index (χ1n) is 9.77. The second-order valence-electron chi connectivity index (χ2n) is 6.82. The number of carbonyl (C=O) groups is 3. The van der Waals surface area contributed by atoms with Crippen LogP contribution in [0.3, 0.4) is 0 Å². The molecule has 1 amide bonds. The fourth-order valence-corrected chi connectivity index (χ4v) is 3.52. The number of carbonyl (C=O) groups excluding carboxylic acids is 3. The third-order valence-corrected chi connectivity index (χ3v) is 5.00. The highest BCUT2D eigenvalue weighted by atomic mass is 16.6. The van der Waals surface area contributed by atoms with Gasteiger partial charge in [-0.2, -0.15) is 0 Å². The number of benzene rings is 1. The van der Waals surface area contributed by atoms with Crippen molar-refractivity contribution in [1.29, 1.82) is 0 Å². The lowest BCUT2D eigenvalue weighted by atomic mass is 10.2. The van der Waals surface area contributed by atoms with Crippen LogP contribution in [-0.2, 0) is 25.7 Å². The Balaban J connectivity index is 1.78. The van der Waals surface area contributed by atoms with Crippen molar-refractivity contribution in [2.24, 2.45) is 0 Å². The van der Waals surface area contributed by atoms with Gasteiger partial charge in [0.1, 0.15) is 5.52 Å². The predicted molar refractivity (Wildman–Crippen MR) is 106 cm³/mol. The first-order chi connectivity index (χ1) is 14.6. The molecule has 1 saturated heterocycles. The van der Waals surface area contributed by atoms with Gasteiger partial charge < -0.3 is 28.6 Å². The molecule has 0 N–H and O–H groups in total. The monoisotopic (exact) mass is 414 g/mol. The van der Waals surface area contributed by atoms with Gasteiger partial charge in [-0.15, -0.1) is 0 Å². The molecule has 4 rings (SSSR count). The van der Waals surface area contributed by atoms with Gasteiger partial charge in [-0.05, 0) is 19.1 Å². The Morgan fingerprint density at radius 2 is 1.83 bits per heavy atom. The molecule has 10 nitrogen and oxygen atoms in total. The Morgan fingerprint density at radius 1 is 1.10 bits per heavy atom. The van der Waals surface area contributed by atoms with Crippen LogP contribution in [0, 0.1) is 0 Å². The highest BCUT2D eigenvalue weighted by molar-refractivity contribution is 5.98. The second kappa shape index (κ2) is 8.54. The summed E-state index contributed by atoms with van der Waals surface area (Å²) in [5.74, 6) is -0.405. The number of imidazole rings is 1. The van der Waals surface area contributed by atoms with E-state index in [4.69, 9.17) is 19.2 Å². The smallest absolute Gasteiger partial charge is 0.336 e. The number of ether oxygens (including phenoxy) is 3. The number of fused-ring (bicyclic) bond motifs is 3. The Morgan fingerprint density at radius 3 is 2.53 bits per heavy atom. The molecule has 2 aromatic rings. The van der Waals surface area contributed by atoms with Crippen molar-refractivity contribution < 1.29 is 28.6 Å². The van der Waals surface area contributed by atoms with Gasteiger partial charge in [0.05, 0.1) is 12.1 Å². The van der Waals surface area contributed by atoms with Crippen molar-refractivity contribution >= 4 is 35.3 Å². The molecule has 1 fully saturated rings. The van der Waals surface area contributed by atoms with Crippen molar-refractivity contribution in [3.05, 3.63) is 24.3 Å². The number of hydrogen-bond acceptors (Lipinski definition) is 8. The summed E-state index contributed by atoms with van der Waals surface area (Å²) in [6.45, 7) is 5.97. The van der Waals surface area contributed by atoms with E-state index in [0.29, 0.717) is 57.4 Å². The van der Waals surface area contributed by atoms with E-state index in [1.54, 1.807) is 17.0 Å². The van der Waals surface area contributed by atoms with Crippen molar-refractivity contribution in [2.45, 2.75) is 13.5 Å². The number of anilines is 1. The van der Waals surface area contributed by atoms with Crippen LogP contribution in [0.2, 0.25) is 0 Å². The maximum absolute atomic E-state index is 12.0. The molecule has 158 valence electrons. The summed E-state index contributed by atoms with van der Waals surface area (Å²) in [7, 11) is 0. The van der Waals surface area contributed by atoms with Crippen molar-refractivity contribution in [3.63, 3.8) is 0 Å². The van der Waals surface area contributed by atoms with Crippen LogP contribution in [0.4, 0.5) is 5.95 Å². The maximum atomic E-state index is 12.0. The topological polar surface area (TPSA) is 103 Å². The maximum Gasteiger partial charge on any atom is 0.336 e. The molecule has 1 aromatic carbocycles. The number of esters is 2. The SMILES string of the molecule is CCOCCn1c(N2CCN(C=O)CC2)nc2c3c(ccc21)OC(=O)/C=C\C(=O)O3. The summed E-state index contributed by atoms with van der Waals surface area (Å²) in [6, 6.07) is 3.37. The molecular formula is C20H22N4O6. The largest absolute Gasteiger partial charge is 0.419 e. The van der Waals surface area contributed by atoms with E-state index in [0.717, 1.165) is 24.1 Å². The molecule has 2 aliphatic rings. The highest BCUT2D eigenvalue weighted by Gasteiger charge is 2.26. The van der Waals surface area contributed by atoms with Crippen LogP contribution in [0.1, 0.15) is 6.92 Å². The zero-order valence-corrected chi connectivity index (χ0v) is 16.6. The van der Waals surface area contributed by atoms with Gasteiger partial charge in [-0.1, -0.05) is 0 Å². The van der Waals surface area contributed by atoms with Gasteiger partial charge in [-0.3, -0.25) is 4.79 Å². The van der Waals surface area contributed by atoms with Crippen LogP contribution in [0.25, 0.3) is 11.0 Å². The average molecular weight is 414 g/mol. The minimum atomic E-state index is -0.676. The molecule has 0 spiro atoms. The molecule has 30 heavy (non-hydrogen) atoms. The zero-order chi connectivity index (χ0) is 21.1. The number of amides is 1. The first kappa shape index (κ1) is 19.9. The van der Waals surface area contributed by atoms with Crippen LogP contribution in [0.15, 0.2) is 24.3 Å². The molecule has 0 bridgehead atoms. The van der Waals surface area contributed by atoms with E-state index in [9.17, 15) is 14.4 Å². The summed E-state index contributed by atoms with van der Waals surface area (Å²) in [5, 5.41) is 0. The van der Waals surface area contributed by atoms with Crippen LogP contribution in [0.5, 0.6) is 11.5 Å².